The molecular formula is C16H24ClNO2. The van der Waals surface area contributed by atoms with E-state index in [4.69, 9.17) is 21.1 Å². The van der Waals surface area contributed by atoms with E-state index in [0.29, 0.717) is 10.9 Å². The highest BCUT2D eigenvalue weighted by Gasteiger charge is 2.21. The predicted octanol–water partition coefficient (Wildman–Crippen LogP) is 3.46. The fraction of sp³-hybridized carbons (Fsp3) is 0.625. The lowest BCUT2D eigenvalue weighted by Crippen LogP contribution is -2.28. The van der Waals surface area contributed by atoms with Gasteiger partial charge in [0.15, 0.2) is 0 Å². The summed E-state index contributed by atoms with van der Waals surface area (Å²) >= 11 is 6.45. The van der Waals surface area contributed by atoms with Crippen LogP contribution in [0.5, 0.6) is 11.5 Å². The van der Waals surface area contributed by atoms with Gasteiger partial charge in [-0.25, -0.2) is 0 Å². The fourth-order valence-electron chi connectivity index (χ4n) is 2.98. The number of hydrogen-bond donors (Lipinski definition) is 1. The minimum Gasteiger partial charge on any atom is -0.495 e. The molecule has 1 aromatic carbocycles. The maximum absolute atomic E-state index is 6.45. The molecule has 4 heteroatoms. The topological polar surface area (TPSA) is 30.5 Å². The number of aryl methyl sites for hydroxylation is 1. The van der Waals surface area contributed by atoms with E-state index in [9.17, 15) is 0 Å². The van der Waals surface area contributed by atoms with Crippen LogP contribution in [0.4, 0.5) is 0 Å². The molecule has 0 bridgehead atoms. The highest BCUT2D eigenvalue weighted by atomic mass is 35.5. The van der Waals surface area contributed by atoms with Crippen molar-refractivity contribution in [3.8, 4) is 11.5 Å². The smallest absolute Gasteiger partial charge is 0.144 e. The van der Waals surface area contributed by atoms with Gasteiger partial charge in [-0.1, -0.05) is 18.5 Å². The van der Waals surface area contributed by atoms with Crippen LogP contribution in [0.15, 0.2) is 6.07 Å². The van der Waals surface area contributed by atoms with E-state index in [1.807, 2.05) is 0 Å². The Hall–Kier alpha value is -0.930. The molecule has 0 saturated carbocycles. The largest absolute Gasteiger partial charge is 0.495 e. The van der Waals surface area contributed by atoms with Gasteiger partial charge in [-0.3, -0.25) is 0 Å². The number of hydrogen-bond acceptors (Lipinski definition) is 3. The Morgan fingerprint density at radius 3 is 2.30 bits per heavy atom. The summed E-state index contributed by atoms with van der Waals surface area (Å²) in [5.74, 6) is 2.23. The molecule has 1 aliphatic rings. The average Bonchev–Trinajstić information content (AvgIpc) is 2.48. The zero-order chi connectivity index (χ0) is 14.5. The molecule has 0 radical (unpaired) electrons. The van der Waals surface area contributed by atoms with Crippen molar-refractivity contribution < 1.29 is 9.47 Å². The van der Waals surface area contributed by atoms with Crippen molar-refractivity contribution in [3.63, 3.8) is 0 Å². The first-order valence-electron chi connectivity index (χ1n) is 7.34. The van der Waals surface area contributed by atoms with Crippen molar-refractivity contribution in [2.45, 2.75) is 32.6 Å². The summed E-state index contributed by atoms with van der Waals surface area (Å²) < 4.78 is 11.0. The molecule has 20 heavy (non-hydrogen) atoms. The van der Waals surface area contributed by atoms with Gasteiger partial charge in [0.05, 0.1) is 14.2 Å². The zero-order valence-electron chi connectivity index (χ0n) is 12.6. The van der Waals surface area contributed by atoms with Gasteiger partial charge in [-0.2, -0.15) is 0 Å². The summed E-state index contributed by atoms with van der Waals surface area (Å²) in [6.07, 6.45) is 4.37. The third-order valence-corrected chi connectivity index (χ3v) is 4.43. The summed E-state index contributed by atoms with van der Waals surface area (Å²) in [5.41, 5.74) is 2.37. The van der Waals surface area contributed by atoms with E-state index < -0.39 is 0 Å². The predicted molar refractivity (Wildman–Crippen MR) is 83.2 cm³/mol. The van der Waals surface area contributed by atoms with Gasteiger partial charge in [0.1, 0.15) is 16.5 Å². The first-order valence-corrected chi connectivity index (χ1v) is 7.72. The monoisotopic (exact) mass is 297 g/mol. The maximum atomic E-state index is 6.45. The summed E-state index contributed by atoms with van der Waals surface area (Å²) in [6, 6.07) is 2.20. The molecule has 1 N–H and O–H groups in total. The summed E-state index contributed by atoms with van der Waals surface area (Å²) in [7, 11) is 3.34. The lowest BCUT2D eigenvalue weighted by molar-refractivity contribution is 0.358. The number of nitrogens with one attached hydrogen (secondary N) is 1. The minimum absolute atomic E-state index is 0.610. The molecule has 0 spiro atoms. The molecule has 112 valence electrons. The van der Waals surface area contributed by atoms with Crippen LogP contribution in [0.25, 0.3) is 0 Å². The number of ether oxygens (including phenoxy) is 2. The molecule has 1 aliphatic heterocycles. The Labute approximate surface area is 126 Å². The second-order valence-electron chi connectivity index (χ2n) is 5.33. The van der Waals surface area contributed by atoms with Crippen LogP contribution in [0.3, 0.4) is 0 Å². The number of piperidine rings is 1. The van der Waals surface area contributed by atoms with Gasteiger partial charge in [0, 0.05) is 0 Å². The Kier molecular flexibility index (Phi) is 5.55. The molecule has 3 nitrogen and oxygen atoms in total. The number of benzene rings is 1. The van der Waals surface area contributed by atoms with E-state index in [1.165, 1.54) is 18.4 Å². The third kappa shape index (κ3) is 3.21. The van der Waals surface area contributed by atoms with Crippen LogP contribution < -0.4 is 14.8 Å². The number of halogens is 1. The van der Waals surface area contributed by atoms with Crippen LogP contribution in [-0.4, -0.2) is 27.3 Å². The van der Waals surface area contributed by atoms with Crippen molar-refractivity contribution in [3.05, 3.63) is 22.2 Å². The zero-order valence-corrected chi connectivity index (χ0v) is 13.3. The summed E-state index contributed by atoms with van der Waals surface area (Å²) in [4.78, 5) is 0. The van der Waals surface area contributed by atoms with Crippen molar-refractivity contribution in [1.82, 2.24) is 5.32 Å². The molecule has 1 fully saturated rings. The van der Waals surface area contributed by atoms with E-state index >= 15 is 0 Å². The third-order valence-electron chi connectivity index (χ3n) is 4.09. The van der Waals surface area contributed by atoms with Crippen LogP contribution >= 0.6 is 11.6 Å². The SMILES string of the molecule is CCc1cc(CC2CCNCC2)c(OC)c(Cl)c1OC. The number of rotatable bonds is 5. The van der Waals surface area contributed by atoms with Crippen molar-refractivity contribution in [1.29, 1.82) is 0 Å². The van der Waals surface area contributed by atoms with E-state index in [-0.39, 0.29) is 0 Å². The standard InChI is InChI=1S/C16H24ClNO2/c1-4-12-10-13(9-11-5-7-18-8-6-11)16(20-3)14(17)15(12)19-2/h10-11,18H,4-9H2,1-3H3. The fourth-order valence-corrected chi connectivity index (χ4v) is 3.38. The van der Waals surface area contributed by atoms with Crippen molar-refractivity contribution in [2.24, 2.45) is 5.92 Å². The summed E-state index contributed by atoms with van der Waals surface area (Å²) in [5, 5.41) is 4.01. The van der Waals surface area contributed by atoms with Crippen LogP contribution in [0.1, 0.15) is 30.9 Å². The minimum atomic E-state index is 0.610. The van der Waals surface area contributed by atoms with Gasteiger partial charge < -0.3 is 14.8 Å². The van der Waals surface area contributed by atoms with Crippen molar-refractivity contribution in [2.75, 3.05) is 27.3 Å². The first-order chi connectivity index (χ1) is 9.71. The highest BCUT2D eigenvalue weighted by Crippen LogP contribution is 2.41. The van der Waals surface area contributed by atoms with E-state index in [2.05, 4.69) is 18.3 Å². The molecule has 0 atom stereocenters. The van der Waals surface area contributed by atoms with Gasteiger partial charge in [-0.05, 0) is 61.9 Å². The average molecular weight is 298 g/mol. The second kappa shape index (κ2) is 7.19. The quantitative estimate of drug-likeness (QED) is 0.903. The Balaban J connectivity index is 2.32. The van der Waals surface area contributed by atoms with Crippen molar-refractivity contribution >= 4 is 11.6 Å². The summed E-state index contributed by atoms with van der Waals surface area (Å²) in [6.45, 7) is 4.34. The van der Waals surface area contributed by atoms with E-state index in [1.54, 1.807) is 14.2 Å². The normalized spacial score (nSPS) is 16.2. The van der Waals surface area contributed by atoms with Gasteiger partial charge in [0.2, 0.25) is 0 Å². The molecule has 1 aromatic rings. The van der Waals surface area contributed by atoms with Crippen LogP contribution in [0.2, 0.25) is 5.02 Å². The molecule has 0 amide bonds. The number of methoxy groups -OCH3 is 2. The van der Waals surface area contributed by atoms with E-state index in [0.717, 1.165) is 43.0 Å². The Morgan fingerprint density at radius 2 is 1.75 bits per heavy atom. The van der Waals surface area contributed by atoms with Crippen LogP contribution in [-0.2, 0) is 12.8 Å². The lowest BCUT2D eigenvalue weighted by atomic mass is 9.89. The Morgan fingerprint density at radius 1 is 1.15 bits per heavy atom. The molecule has 0 unspecified atom stereocenters. The van der Waals surface area contributed by atoms with Crippen LogP contribution in [0, 0.1) is 5.92 Å². The molecule has 0 aromatic heterocycles. The Bertz CT molecular complexity index is 456. The second-order valence-corrected chi connectivity index (χ2v) is 5.70. The lowest BCUT2D eigenvalue weighted by Gasteiger charge is -2.24. The van der Waals surface area contributed by atoms with Gasteiger partial charge in [0.25, 0.3) is 0 Å². The first kappa shape index (κ1) is 15.5. The van der Waals surface area contributed by atoms with Gasteiger partial charge in [-0.15, -0.1) is 0 Å². The molecule has 0 aliphatic carbocycles. The molecule has 1 saturated heterocycles. The molecular weight excluding hydrogens is 274 g/mol. The maximum Gasteiger partial charge on any atom is 0.144 e. The molecule has 2 rings (SSSR count). The molecule has 1 heterocycles. The van der Waals surface area contributed by atoms with Gasteiger partial charge >= 0.3 is 0 Å². The highest BCUT2D eigenvalue weighted by molar-refractivity contribution is 6.33.